The molecule has 0 atom stereocenters. The van der Waals surface area contributed by atoms with Gasteiger partial charge in [0.05, 0.1) is 0 Å². The first-order chi connectivity index (χ1) is 18.4. The number of benzene rings is 4. The molecule has 0 aliphatic rings. The first-order valence-electron chi connectivity index (χ1n) is 12.9. The van der Waals surface area contributed by atoms with Gasteiger partial charge in [-0.2, -0.15) is 21.9 Å². The lowest BCUT2D eigenvalue weighted by Crippen LogP contribution is -2.75. The van der Waals surface area contributed by atoms with Gasteiger partial charge in [0.25, 0.3) is 0 Å². The minimum Gasteiger partial charge on any atom is -0.370 e. The van der Waals surface area contributed by atoms with E-state index in [4.69, 9.17) is 13.3 Å². The van der Waals surface area contributed by atoms with Gasteiger partial charge in [-0.25, -0.2) is 13.2 Å². The Labute approximate surface area is 223 Å². The van der Waals surface area contributed by atoms with Gasteiger partial charge in [0.1, 0.15) is 23.6 Å². The lowest BCUT2D eigenvalue weighted by molar-refractivity contribution is 0.0859. The second-order valence-electron chi connectivity index (χ2n) is 9.00. The zero-order valence-corrected chi connectivity index (χ0v) is 22.8. The van der Waals surface area contributed by atoms with Crippen LogP contribution in [0.5, 0.6) is 0 Å². The first kappa shape index (κ1) is 27.9. The summed E-state index contributed by atoms with van der Waals surface area (Å²) in [5.41, 5.74) is 3.30. The first-order valence-corrected chi connectivity index (χ1v) is 14.6. The van der Waals surface area contributed by atoms with E-state index in [2.05, 4.69) is 0 Å². The third-order valence-corrected chi connectivity index (χ3v) is 9.92. The predicted molar refractivity (Wildman–Crippen MR) is 150 cm³/mol. The maximum atomic E-state index is 14.1. The van der Waals surface area contributed by atoms with Crippen molar-refractivity contribution in [3.05, 3.63) is 115 Å². The molecule has 0 aliphatic heterocycles. The highest BCUT2D eigenvalue weighted by Crippen LogP contribution is 2.14. The normalized spacial score (nSPS) is 12.1. The topological polar surface area (TPSA) is 27.7 Å². The molecule has 0 saturated heterocycles. The van der Waals surface area contributed by atoms with Crippen molar-refractivity contribution in [2.75, 3.05) is 19.8 Å². The van der Waals surface area contributed by atoms with Crippen LogP contribution in [0.1, 0.15) is 20.8 Å². The second-order valence-corrected chi connectivity index (χ2v) is 11.6. The van der Waals surface area contributed by atoms with Crippen molar-refractivity contribution in [1.82, 2.24) is 0 Å². The van der Waals surface area contributed by atoms with E-state index in [1.807, 2.05) is 45.0 Å². The molecule has 0 aliphatic carbocycles. The van der Waals surface area contributed by atoms with Crippen LogP contribution in [0.25, 0.3) is 0 Å². The van der Waals surface area contributed by atoms with Gasteiger partial charge >= 0.3 is 8.80 Å². The van der Waals surface area contributed by atoms with Crippen molar-refractivity contribution < 1.29 is 26.4 Å². The second kappa shape index (κ2) is 12.1. The summed E-state index contributed by atoms with van der Waals surface area (Å²) in [6.45, 7) is 7.01. The SMILES string of the molecule is CCO[Si](OCC)(OCC)c1ccc([B-](c2ccc(F)cc2)(c2ccc(F)cc2)c2ccc(F)cc2)cc1. The molecule has 0 bridgehead atoms. The monoisotopic (exact) mass is 535 g/mol. The molecule has 0 fully saturated rings. The van der Waals surface area contributed by atoms with Crippen LogP contribution in [0.2, 0.25) is 0 Å². The van der Waals surface area contributed by atoms with Crippen LogP contribution < -0.4 is 27.0 Å². The Bertz CT molecular complexity index is 1190. The van der Waals surface area contributed by atoms with Gasteiger partial charge in [-0.3, -0.25) is 0 Å². The molecule has 4 aromatic carbocycles. The number of hydrogen-bond donors (Lipinski definition) is 0. The van der Waals surface area contributed by atoms with Crippen LogP contribution >= 0.6 is 0 Å². The molecular weight excluding hydrogens is 504 g/mol. The zero-order valence-electron chi connectivity index (χ0n) is 21.8. The molecule has 198 valence electrons. The Balaban J connectivity index is 2.00. The molecule has 4 rings (SSSR count). The van der Waals surface area contributed by atoms with Crippen molar-refractivity contribution in [2.24, 2.45) is 0 Å². The molecule has 8 heteroatoms. The van der Waals surface area contributed by atoms with Crippen LogP contribution in [0.15, 0.2) is 97.1 Å². The molecule has 4 aromatic rings. The van der Waals surface area contributed by atoms with E-state index in [0.29, 0.717) is 19.8 Å². The Hall–Kier alpha value is -3.17. The summed E-state index contributed by atoms with van der Waals surface area (Å²) in [4.78, 5) is 0. The highest BCUT2D eigenvalue weighted by atomic mass is 28.4. The number of hydrogen-bond acceptors (Lipinski definition) is 3. The van der Waals surface area contributed by atoms with Gasteiger partial charge in [-0.15, -0.1) is 0 Å². The maximum Gasteiger partial charge on any atom is 0.537 e. The molecular formula is C30H31BF3O3Si-. The van der Waals surface area contributed by atoms with Crippen LogP contribution in [-0.4, -0.2) is 34.8 Å². The summed E-state index contributed by atoms with van der Waals surface area (Å²) in [6.07, 6.45) is -1.95. The van der Waals surface area contributed by atoms with E-state index in [9.17, 15) is 13.2 Å². The number of rotatable bonds is 11. The van der Waals surface area contributed by atoms with Gasteiger partial charge in [0.2, 0.25) is 0 Å². The van der Waals surface area contributed by atoms with Gasteiger partial charge in [-0.1, -0.05) is 60.7 Å². The quantitative estimate of drug-likeness (QED) is 0.274. The summed E-state index contributed by atoms with van der Waals surface area (Å²) in [5.74, 6) is -1.10. The highest BCUT2D eigenvalue weighted by molar-refractivity contribution is 7.19. The Morgan fingerprint density at radius 3 is 1.00 bits per heavy atom. The van der Waals surface area contributed by atoms with Gasteiger partial charge in [0.15, 0.2) is 0 Å². The van der Waals surface area contributed by atoms with E-state index in [-0.39, 0.29) is 17.5 Å². The summed E-state index contributed by atoms with van der Waals surface area (Å²) in [5, 5.41) is 0.814. The average Bonchev–Trinajstić information content (AvgIpc) is 2.92. The fourth-order valence-corrected chi connectivity index (χ4v) is 7.80. The average molecular weight is 535 g/mol. The van der Waals surface area contributed by atoms with Crippen molar-refractivity contribution in [3.63, 3.8) is 0 Å². The molecule has 0 spiro atoms. The minimum atomic E-state index is -3.16. The highest BCUT2D eigenvalue weighted by Gasteiger charge is 2.43. The Morgan fingerprint density at radius 1 is 0.474 bits per heavy atom. The largest absolute Gasteiger partial charge is 0.537 e. The summed E-state index contributed by atoms with van der Waals surface area (Å²) in [6, 6.07) is 26.7. The van der Waals surface area contributed by atoms with Gasteiger partial charge < -0.3 is 13.3 Å². The van der Waals surface area contributed by atoms with Crippen molar-refractivity contribution in [3.8, 4) is 0 Å². The fraction of sp³-hybridized carbons (Fsp3) is 0.200. The fourth-order valence-electron chi connectivity index (χ4n) is 5.33. The molecule has 0 radical (unpaired) electrons. The van der Waals surface area contributed by atoms with Crippen molar-refractivity contribution in [1.29, 1.82) is 0 Å². The van der Waals surface area contributed by atoms with E-state index in [1.54, 1.807) is 36.4 Å². The summed E-state index contributed by atoms with van der Waals surface area (Å²) >= 11 is 0. The molecule has 0 heterocycles. The molecule has 3 nitrogen and oxygen atoms in total. The molecule has 0 amide bonds. The van der Waals surface area contributed by atoms with Gasteiger partial charge in [-0.05, 0) is 57.2 Å². The molecule has 0 unspecified atom stereocenters. The predicted octanol–water partition coefficient (Wildman–Crippen LogP) is 3.74. The third kappa shape index (κ3) is 5.35. The third-order valence-electron chi connectivity index (χ3n) is 6.88. The van der Waals surface area contributed by atoms with Gasteiger partial charge in [0, 0.05) is 25.0 Å². The van der Waals surface area contributed by atoms with E-state index < -0.39 is 15.0 Å². The Kier molecular flexibility index (Phi) is 8.89. The zero-order chi connectivity index (χ0) is 27.2. The van der Waals surface area contributed by atoms with E-state index in [1.165, 1.54) is 36.4 Å². The molecule has 0 aromatic heterocycles. The Morgan fingerprint density at radius 2 is 0.737 bits per heavy atom. The lowest BCUT2D eigenvalue weighted by Gasteiger charge is -2.44. The van der Waals surface area contributed by atoms with Crippen LogP contribution in [0.4, 0.5) is 13.2 Å². The smallest absolute Gasteiger partial charge is 0.370 e. The van der Waals surface area contributed by atoms with Crippen molar-refractivity contribution >= 4 is 42.0 Å². The van der Waals surface area contributed by atoms with Crippen LogP contribution in [0.3, 0.4) is 0 Å². The van der Waals surface area contributed by atoms with E-state index in [0.717, 1.165) is 27.0 Å². The van der Waals surface area contributed by atoms with Crippen LogP contribution in [-0.2, 0) is 13.3 Å². The van der Waals surface area contributed by atoms with E-state index >= 15 is 0 Å². The van der Waals surface area contributed by atoms with Crippen LogP contribution in [0, 0.1) is 17.5 Å². The molecule has 0 N–H and O–H groups in total. The number of halogens is 3. The summed E-state index contributed by atoms with van der Waals surface area (Å²) in [7, 11) is -3.16. The lowest BCUT2D eigenvalue weighted by atomic mass is 9.13. The maximum absolute atomic E-state index is 14.1. The van der Waals surface area contributed by atoms with Crippen molar-refractivity contribution in [2.45, 2.75) is 20.8 Å². The minimum absolute atomic E-state index is 0.368. The standard InChI is InChI=1S/C30H31BF3O3Si/c1-4-35-38(36-5-2,37-6-3)30-21-13-26(14-22-30)31(23-7-15-27(32)16-8-23,24-9-17-28(33)18-10-24)25-11-19-29(34)20-12-25/h7-22H,4-6H2,1-3H3/q-1. The summed E-state index contributed by atoms with van der Waals surface area (Å²) < 4.78 is 60.5. The molecule has 0 saturated carbocycles. The molecule has 38 heavy (non-hydrogen) atoms.